The van der Waals surface area contributed by atoms with Crippen molar-refractivity contribution in [3.63, 3.8) is 0 Å². The minimum Gasteiger partial charge on any atom is -0.385 e. The number of amides is 2. The number of nitrogens with zero attached hydrogens (tertiary/aromatic N) is 1. The Kier molecular flexibility index (Phi) is 7.68. The lowest BCUT2D eigenvalue weighted by Crippen LogP contribution is -2.45. The minimum absolute atomic E-state index is 0.0630. The van der Waals surface area contributed by atoms with Crippen molar-refractivity contribution in [2.24, 2.45) is 0 Å². The number of nitrogens with one attached hydrogen (secondary N) is 2. The van der Waals surface area contributed by atoms with E-state index in [1.54, 1.807) is 7.11 Å². The van der Waals surface area contributed by atoms with Crippen molar-refractivity contribution < 1.29 is 14.3 Å². The minimum atomic E-state index is -0.181. The van der Waals surface area contributed by atoms with Crippen LogP contribution in [0.15, 0.2) is 24.3 Å². The first kappa shape index (κ1) is 19.7. The van der Waals surface area contributed by atoms with Crippen LogP contribution >= 0.6 is 0 Å². The average Bonchev–Trinajstić information content (AvgIpc) is 2.53. The van der Waals surface area contributed by atoms with Gasteiger partial charge in [0.05, 0.1) is 12.2 Å². The molecule has 0 aliphatic carbocycles. The predicted octanol–water partition coefficient (Wildman–Crippen LogP) is 2.84. The smallest absolute Gasteiger partial charge is 0.319 e. The number of para-hydroxylation sites is 1. The van der Waals surface area contributed by atoms with Crippen LogP contribution in [0.3, 0.4) is 0 Å². The molecule has 3 unspecified atom stereocenters. The van der Waals surface area contributed by atoms with E-state index in [9.17, 15) is 4.79 Å². The Morgan fingerprint density at radius 2 is 2.00 bits per heavy atom. The van der Waals surface area contributed by atoms with Gasteiger partial charge in [-0.25, -0.2) is 4.79 Å². The topological polar surface area (TPSA) is 62.8 Å². The summed E-state index contributed by atoms with van der Waals surface area (Å²) in [6.07, 6.45) is 1.25. The summed E-state index contributed by atoms with van der Waals surface area (Å²) in [5.74, 6) is 0. The maximum Gasteiger partial charge on any atom is 0.319 e. The third kappa shape index (κ3) is 6.65. The van der Waals surface area contributed by atoms with Gasteiger partial charge in [0.25, 0.3) is 0 Å². The lowest BCUT2D eigenvalue weighted by Gasteiger charge is -2.35. The second kappa shape index (κ2) is 9.75. The molecule has 1 fully saturated rings. The van der Waals surface area contributed by atoms with Crippen molar-refractivity contribution in [2.45, 2.75) is 52.0 Å². The van der Waals surface area contributed by atoms with Gasteiger partial charge in [0.15, 0.2) is 0 Å². The van der Waals surface area contributed by atoms with Gasteiger partial charge in [-0.05, 0) is 38.8 Å². The van der Waals surface area contributed by atoms with Gasteiger partial charge in [0.2, 0.25) is 0 Å². The molecule has 1 aromatic rings. The highest BCUT2D eigenvalue weighted by Crippen LogP contribution is 2.20. The maximum absolute atomic E-state index is 12.2. The Balaban J connectivity index is 1.94. The van der Waals surface area contributed by atoms with Crippen molar-refractivity contribution in [3.05, 3.63) is 29.8 Å². The van der Waals surface area contributed by atoms with Crippen molar-refractivity contribution in [1.82, 2.24) is 10.2 Å². The normalized spacial score (nSPS) is 22.4. The average molecular weight is 349 g/mol. The van der Waals surface area contributed by atoms with Crippen molar-refractivity contribution in [3.8, 4) is 0 Å². The van der Waals surface area contributed by atoms with Crippen LogP contribution in [0.25, 0.3) is 0 Å². The Hall–Kier alpha value is -1.63. The summed E-state index contributed by atoms with van der Waals surface area (Å²) in [6.45, 7) is 9.40. The molecule has 1 aliphatic rings. The molecule has 0 spiro atoms. The molecule has 3 atom stereocenters. The lowest BCUT2D eigenvalue weighted by atomic mass is 10.1. The molecule has 1 aliphatic heterocycles. The lowest BCUT2D eigenvalue weighted by molar-refractivity contribution is -0.0704. The fraction of sp³-hybridized carbons (Fsp3) is 0.632. The number of urea groups is 1. The number of rotatable bonds is 7. The zero-order valence-electron chi connectivity index (χ0n) is 15.7. The molecule has 140 valence electrons. The molecule has 0 saturated carbocycles. The summed E-state index contributed by atoms with van der Waals surface area (Å²) in [5.41, 5.74) is 1.97. The number of benzene rings is 1. The van der Waals surface area contributed by atoms with Crippen LogP contribution in [0, 0.1) is 0 Å². The summed E-state index contributed by atoms with van der Waals surface area (Å²) in [5, 5.41) is 5.93. The van der Waals surface area contributed by atoms with Gasteiger partial charge in [-0.15, -0.1) is 0 Å². The van der Waals surface area contributed by atoms with Gasteiger partial charge in [-0.3, -0.25) is 4.90 Å². The fourth-order valence-electron chi connectivity index (χ4n) is 3.18. The Bertz CT molecular complexity index is 542. The maximum atomic E-state index is 12.2. The molecule has 6 nitrogen and oxygen atoms in total. The molecule has 1 aromatic carbocycles. The first-order valence-electron chi connectivity index (χ1n) is 9.00. The van der Waals surface area contributed by atoms with Gasteiger partial charge in [-0.2, -0.15) is 0 Å². The molecule has 2 rings (SSSR count). The molecular weight excluding hydrogens is 318 g/mol. The summed E-state index contributed by atoms with van der Waals surface area (Å²) in [7, 11) is 1.66. The van der Waals surface area contributed by atoms with E-state index < -0.39 is 0 Å². The molecule has 1 heterocycles. The van der Waals surface area contributed by atoms with Crippen molar-refractivity contribution >= 4 is 11.7 Å². The van der Waals surface area contributed by atoms with Crippen LogP contribution in [0.4, 0.5) is 10.5 Å². The van der Waals surface area contributed by atoms with Crippen molar-refractivity contribution in [2.75, 3.05) is 32.1 Å². The number of hydrogen-bond donors (Lipinski definition) is 2. The van der Waals surface area contributed by atoms with Crippen LogP contribution in [0.2, 0.25) is 0 Å². The zero-order chi connectivity index (χ0) is 18.2. The van der Waals surface area contributed by atoms with E-state index in [1.807, 2.05) is 25.1 Å². The highest BCUT2D eigenvalue weighted by molar-refractivity contribution is 5.90. The van der Waals surface area contributed by atoms with Crippen LogP contribution in [0.1, 0.15) is 32.8 Å². The van der Waals surface area contributed by atoms with Gasteiger partial charge >= 0.3 is 6.03 Å². The number of methoxy groups -OCH3 is 1. The van der Waals surface area contributed by atoms with Gasteiger partial charge in [0.1, 0.15) is 0 Å². The summed E-state index contributed by atoms with van der Waals surface area (Å²) in [6, 6.07) is 7.84. The third-order valence-corrected chi connectivity index (χ3v) is 4.29. The summed E-state index contributed by atoms with van der Waals surface area (Å²) < 4.78 is 10.8. The second-order valence-electron chi connectivity index (χ2n) is 6.89. The molecule has 1 saturated heterocycles. The van der Waals surface area contributed by atoms with E-state index >= 15 is 0 Å². The highest BCUT2D eigenvalue weighted by atomic mass is 16.5. The third-order valence-electron chi connectivity index (χ3n) is 4.29. The molecule has 0 bridgehead atoms. The zero-order valence-corrected chi connectivity index (χ0v) is 15.7. The highest BCUT2D eigenvalue weighted by Gasteiger charge is 2.22. The number of morpholine rings is 1. The Morgan fingerprint density at radius 1 is 1.32 bits per heavy atom. The number of hydrogen-bond acceptors (Lipinski definition) is 4. The molecule has 2 N–H and O–H groups in total. The van der Waals surface area contributed by atoms with Gasteiger partial charge < -0.3 is 20.1 Å². The van der Waals surface area contributed by atoms with Crippen LogP contribution in [-0.4, -0.2) is 56.0 Å². The monoisotopic (exact) mass is 349 g/mol. The SMILES string of the molecule is COCCC(C)NC(=O)Nc1ccccc1CN1CC(C)OC(C)C1. The summed E-state index contributed by atoms with van der Waals surface area (Å²) >= 11 is 0. The van der Waals surface area contributed by atoms with E-state index in [0.29, 0.717) is 6.61 Å². The molecular formula is C19H31N3O3. The second-order valence-corrected chi connectivity index (χ2v) is 6.89. The Morgan fingerprint density at radius 3 is 2.68 bits per heavy atom. The molecule has 25 heavy (non-hydrogen) atoms. The quantitative estimate of drug-likeness (QED) is 0.795. The van der Waals surface area contributed by atoms with E-state index in [0.717, 1.165) is 37.3 Å². The summed E-state index contributed by atoms with van der Waals surface area (Å²) in [4.78, 5) is 14.6. The van der Waals surface area contributed by atoms with Crippen molar-refractivity contribution in [1.29, 1.82) is 0 Å². The molecule has 6 heteroatoms. The largest absolute Gasteiger partial charge is 0.385 e. The first-order chi connectivity index (χ1) is 12.0. The van der Waals surface area contributed by atoms with Gasteiger partial charge in [0, 0.05) is 45.1 Å². The standard InChI is InChI=1S/C19H31N3O3/c1-14(9-10-24-4)20-19(23)21-18-8-6-5-7-17(18)13-22-11-15(2)25-16(3)12-22/h5-8,14-16H,9-13H2,1-4H3,(H2,20,21,23). The van der Waals surface area contributed by atoms with E-state index in [4.69, 9.17) is 9.47 Å². The van der Waals surface area contributed by atoms with Crippen LogP contribution in [-0.2, 0) is 16.0 Å². The fourth-order valence-corrected chi connectivity index (χ4v) is 3.18. The molecule has 0 aromatic heterocycles. The molecule has 0 radical (unpaired) electrons. The Labute approximate surface area is 150 Å². The first-order valence-corrected chi connectivity index (χ1v) is 9.00. The number of ether oxygens (including phenoxy) is 2. The van der Waals surface area contributed by atoms with E-state index in [1.165, 1.54) is 0 Å². The van der Waals surface area contributed by atoms with E-state index in [-0.39, 0.29) is 24.3 Å². The van der Waals surface area contributed by atoms with E-state index in [2.05, 4.69) is 35.4 Å². The number of carbonyl (C=O) groups is 1. The van der Waals surface area contributed by atoms with Gasteiger partial charge in [-0.1, -0.05) is 18.2 Å². The molecule has 2 amide bonds. The predicted molar refractivity (Wildman–Crippen MR) is 99.8 cm³/mol. The van der Waals surface area contributed by atoms with Crippen LogP contribution in [0.5, 0.6) is 0 Å². The van der Waals surface area contributed by atoms with Crippen LogP contribution < -0.4 is 10.6 Å². The number of anilines is 1. The number of carbonyl (C=O) groups excluding carboxylic acids is 1.